The fourth-order valence-electron chi connectivity index (χ4n) is 2.36. The topological polar surface area (TPSA) is 138 Å². The molecule has 0 saturated carbocycles. The minimum atomic E-state index is -0.309. The predicted molar refractivity (Wildman–Crippen MR) is 117 cm³/mol. The van der Waals surface area contributed by atoms with Crippen molar-refractivity contribution < 1.29 is 14.3 Å². The summed E-state index contributed by atoms with van der Waals surface area (Å²) in [4.78, 5) is 23.9. The molecular formula is C19H19ClN6O3S. The SMILES string of the molecule is CCOc1ccc(Oc2ccc(Cl)cc2NC(=O)CSc2nc(N)nc(N)n2)cc1. The molecule has 0 aliphatic rings. The lowest BCUT2D eigenvalue weighted by Crippen LogP contribution is -2.15. The zero-order chi connectivity index (χ0) is 21.5. The van der Waals surface area contributed by atoms with Crippen LogP contribution in [0.5, 0.6) is 17.2 Å². The molecule has 1 heterocycles. The largest absolute Gasteiger partial charge is 0.494 e. The van der Waals surface area contributed by atoms with E-state index in [1.54, 1.807) is 42.5 Å². The molecule has 0 fully saturated rings. The Morgan fingerprint density at radius 3 is 2.40 bits per heavy atom. The number of rotatable bonds is 8. The first-order valence-electron chi connectivity index (χ1n) is 8.83. The number of nitrogen functional groups attached to an aromatic ring is 2. The first-order valence-corrected chi connectivity index (χ1v) is 10.2. The van der Waals surface area contributed by atoms with Gasteiger partial charge in [-0.15, -0.1) is 0 Å². The van der Waals surface area contributed by atoms with Crippen LogP contribution in [-0.4, -0.2) is 33.2 Å². The van der Waals surface area contributed by atoms with Gasteiger partial charge in [-0.1, -0.05) is 23.4 Å². The molecule has 0 aliphatic heterocycles. The highest BCUT2D eigenvalue weighted by Gasteiger charge is 2.12. The number of anilines is 3. The van der Waals surface area contributed by atoms with Crippen LogP contribution in [0, 0.1) is 0 Å². The smallest absolute Gasteiger partial charge is 0.234 e. The molecule has 0 saturated heterocycles. The van der Waals surface area contributed by atoms with Crippen LogP contribution in [0.1, 0.15) is 6.92 Å². The molecular weight excluding hydrogens is 428 g/mol. The maximum Gasteiger partial charge on any atom is 0.234 e. The number of carbonyl (C=O) groups is 1. The zero-order valence-electron chi connectivity index (χ0n) is 16.0. The molecule has 0 bridgehead atoms. The van der Waals surface area contributed by atoms with Crippen molar-refractivity contribution in [1.82, 2.24) is 15.0 Å². The summed E-state index contributed by atoms with van der Waals surface area (Å²) in [6.45, 7) is 2.49. The van der Waals surface area contributed by atoms with Crippen molar-refractivity contribution in [3.8, 4) is 17.2 Å². The minimum absolute atomic E-state index is 0.00806. The van der Waals surface area contributed by atoms with Gasteiger partial charge in [0.05, 0.1) is 18.0 Å². The molecule has 3 aromatic rings. The normalized spacial score (nSPS) is 10.5. The van der Waals surface area contributed by atoms with E-state index in [2.05, 4.69) is 20.3 Å². The quantitative estimate of drug-likeness (QED) is 0.442. The average Bonchev–Trinajstić information content (AvgIpc) is 2.69. The Morgan fingerprint density at radius 2 is 1.73 bits per heavy atom. The van der Waals surface area contributed by atoms with Gasteiger partial charge in [-0.2, -0.15) is 15.0 Å². The first kappa shape index (κ1) is 21.5. The van der Waals surface area contributed by atoms with Gasteiger partial charge < -0.3 is 26.3 Å². The van der Waals surface area contributed by atoms with Gasteiger partial charge in [-0.25, -0.2) is 0 Å². The third kappa shape index (κ3) is 6.13. The summed E-state index contributed by atoms with van der Waals surface area (Å²) in [6.07, 6.45) is 0. The molecule has 1 aromatic heterocycles. The number of hydrogen-bond acceptors (Lipinski definition) is 9. The van der Waals surface area contributed by atoms with Gasteiger partial charge in [0, 0.05) is 5.02 Å². The van der Waals surface area contributed by atoms with Crippen molar-refractivity contribution in [2.75, 3.05) is 29.1 Å². The number of nitrogens with two attached hydrogens (primary N) is 2. The Hall–Kier alpha value is -3.24. The van der Waals surface area contributed by atoms with E-state index in [4.69, 9.17) is 32.5 Å². The van der Waals surface area contributed by atoms with Gasteiger partial charge in [-0.05, 0) is 49.4 Å². The molecule has 0 spiro atoms. The Balaban J connectivity index is 1.67. The van der Waals surface area contributed by atoms with Crippen molar-refractivity contribution in [2.45, 2.75) is 12.1 Å². The Morgan fingerprint density at radius 1 is 1.07 bits per heavy atom. The van der Waals surface area contributed by atoms with Crippen LogP contribution in [0.4, 0.5) is 17.6 Å². The minimum Gasteiger partial charge on any atom is -0.494 e. The van der Waals surface area contributed by atoms with E-state index in [0.717, 1.165) is 17.5 Å². The number of ether oxygens (including phenoxy) is 2. The molecule has 2 aromatic carbocycles. The summed E-state index contributed by atoms with van der Waals surface area (Å²) in [5, 5.41) is 3.49. The fraction of sp³-hybridized carbons (Fsp3) is 0.158. The molecule has 0 aliphatic carbocycles. The third-order valence-corrected chi connectivity index (χ3v) is 4.64. The molecule has 3 rings (SSSR count). The maximum absolute atomic E-state index is 12.4. The molecule has 11 heteroatoms. The molecule has 156 valence electrons. The van der Waals surface area contributed by atoms with Gasteiger partial charge in [0.2, 0.25) is 17.8 Å². The van der Waals surface area contributed by atoms with E-state index in [1.165, 1.54) is 0 Å². The molecule has 9 nitrogen and oxygen atoms in total. The second-order valence-electron chi connectivity index (χ2n) is 5.82. The van der Waals surface area contributed by atoms with Crippen LogP contribution >= 0.6 is 23.4 Å². The van der Waals surface area contributed by atoms with Crippen molar-refractivity contribution in [1.29, 1.82) is 0 Å². The molecule has 1 amide bonds. The van der Waals surface area contributed by atoms with E-state index in [9.17, 15) is 4.79 Å². The Kier molecular flexibility index (Phi) is 7.15. The summed E-state index contributed by atoms with van der Waals surface area (Å²) in [5.41, 5.74) is 11.5. The van der Waals surface area contributed by atoms with Gasteiger partial charge in [0.15, 0.2) is 10.9 Å². The van der Waals surface area contributed by atoms with Crippen LogP contribution in [0.15, 0.2) is 47.6 Å². The number of benzene rings is 2. The van der Waals surface area contributed by atoms with Gasteiger partial charge >= 0.3 is 0 Å². The Bertz CT molecular complexity index is 1020. The number of carbonyl (C=O) groups excluding carboxylic acids is 1. The highest BCUT2D eigenvalue weighted by molar-refractivity contribution is 7.99. The summed E-state index contributed by atoms with van der Waals surface area (Å²) in [5.74, 6) is 1.47. The van der Waals surface area contributed by atoms with Crippen molar-refractivity contribution in [2.24, 2.45) is 0 Å². The van der Waals surface area contributed by atoms with E-state index in [-0.39, 0.29) is 28.7 Å². The average molecular weight is 447 g/mol. The number of hydrogen-bond donors (Lipinski definition) is 3. The van der Waals surface area contributed by atoms with Gasteiger partial charge in [0.25, 0.3) is 0 Å². The number of nitrogens with zero attached hydrogens (tertiary/aromatic N) is 3. The molecule has 30 heavy (non-hydrogen) atoms. The van der Waals surface area contributed by atoms with Crippen LogP contribution < -0.4 is 26.3 Å². The lowest BCUT2D eigenvalue weighted by atomic mass is 10.2. The maximum atomic E-state index is 12.4. The number of thioether (sulfide) groups is 1. The van der Waals surface area contributed by atoms with E-state index < -0.39 is 0 Å². The highest BCUT2D eigenvalue weighted by atomic mass is 35.5. The second kappa shape index (κ2) is 9.99. The van der Waals surface area contributed by atoms with Crippen molar-refractivity contribution in [3.63, 3.8) is 0 Å². The number of halogens is 1. The van der Waals surface area contributed by atoms with E-state index >= 15 is 0 Å². The number of nitrogens with one attached hydrogen (secondary N) is 1. The lowest BCUT2D eigenvalue weighted by molar-refractivity contribution is -0.113. The van der Waals surface area contributed by atoms with Crippen LogP contribution in [0.2, 0.25) is 5.02 Å². The third-order valence-electron chi connectivity index (χ3n) is 3.56. The standard InChI is InChI=1S/C19H19ClN6O3S/c1-2-28-12-4-6-13(7-5-12)29-15-8-3-11(20)9-14(15)23-16(27)10-30-19-25-17(21)24-18(22)26-19/h3-9H,2,10H2,1H3,(H,23,27)(H4,21,22,24,25,26). The highest BCUT2D eigenvalue weighted by Crippen LogP contribution is 2.33. The van der Waals surface area contributed by atoms with Crippen LogP contribution in [0.3, 0.4) is 0 Å². The number of amides is 1. The predicted octanol–water partition coefficient (Wildman–Crippen LogP) is 3.61. The lowest BCUT2D eigenvalue weighted by Gasteiger charge is -2.13. The zero-order valence-corrected chi connectivity index (χ0v) is 17.5. The molecule has 0 atom stereocenters. The second-order valence-corrected chi connectivity index (χ2v) is 7.20. The Labute approximate surface area is 182 Å². The molecule has 0 radical (unpaired) electrons. The van der Waals surface area contributed by atoms with Gasteiger partial charge in [-0.3, -0.25) is 4.79 Å². The van der Waals surface area contributed by atoms with E-state index in [0.29, 0.717) is 28.8 Å². The van der Waals surface area contributed by atoms with Crippen molar-refractivity contribution in [3.05, 3.63) is 47.5 Å². The van der Waals surface area contributed by atoms with Crippen LogP contribution in [0.25, 0.3) is 0 Å². The first-order chi connectivity index (χ1) is 14.4. The summed E-state index contributed by atoms with van der Waals surface area (Å²) < 4.78 is 11.3. The van der Waals surface area contributed by atoms with E-state index in [1.807, 2.05) is 6.92 Å². The van der Waals surface area contributed by atoms with Crippen LogP contribution in [-0.2, 0) is 4.79 Å². The monoisotopic (exact) mass is 446 g/mol. The summed E-state index contributed by atoms with van der Waals surface area (Å²) in [6, 6.07) is 12.1. The fourth-order valence-corrected chi connectivity index (χ4v) is 3.18. The van der Waals surface area contributed by atoms with Gasteiger partial charge in [0.1, 0.15) is 11.5 Å². The molecule has 0 unspecified atom stereocenters. The van der Waals surface area contributed by atoms with Crippen molar-refractivity contribution >= 4 is 46.9 Å². The summed E-state index contributed by atoms with van der Waals surface area (Å²) in [7, 11) is 0. The number of aromatic nitrogens is 3. The summed E-state index contributed by atoms with van der Waals surface area (Å²) >= 11 is 7.16. The molecule has 5 N–H and O–H groups in total.